The van der Waals surface area contributed by atoms with E-state index >= 15 is 0 Å². The molecule has 3 N–H and O–H groups in total. The molecular formula is C15H21N3O2. The first-order valence-corrected chi connectivity index (χ1v) is 6.88. The molecule has 0 saturated carbocycles. The number of nitrogens with zero attached hydrogens (tertiary/aromatic N) is 1. The van der Waals surface area contributed by atoms with E-state index in [4.69, 9.17) is 10.5 Å². The minimum Gasteiger partial charge on any atom is -0.445 e. The number of ether oxygens (including phenoxy) is 1. The Morgan fingerprint density at radius 1 is 1.35 bits per heavy atom. The molecule has 1 amide bonds. The number of amides is 1. The Morgan fingerprint density at radius 2 is 2.05 bits per heavy atom. The third-order valence-electron chi connectivity index (χ3n) is 3.39. The van der Waals surface area contributed by atoms with Crippen molar-refractivity contribution >= 4 is 6.09 Å². The molecule has 108 valence electrons. The monoisotopic (exact) mass is 275 g/mol. The second-order valence-corrected chi connectivity index (χ2v) is 4.83. The second-order valence-electron chi connectivity index (χ2n) is 4.83. The number of nitrogens with two attached hydrogens (primary N) is 1. The van der Waals surface area contributed by atoms with Crippen molar-refractivity contribution in [2.24, 2.45) is 5.73 Å². The molecule has 0 radical (unpaired) electrons. The highest BCUT2D eigenvalue weighted by Gasteiger charge is 2.22. The highest BCUT2D eigenvalue weighted by atomic mass is 16.6. The predicted molar refractivity (Wildman–Crippen MR) is 77.7 cm³/mol. The molecule has 1 aliphatic rings. The fourth-order valence-electron chi connectivity index (χ4n) is 2.23. The summed E-state index contributed by atoms with van der Waals surface area (Å²) in [6, 6.07) is 10.1. The standard InChI is InChI=1S/C15H21N3O2/c16-8-9-17-14-6-10-18(11-7-14)15(19)20-12-13-4-2-1-3-5-13/h1-5,8-9,14,17H,6-7,10-12,16H2/b9-8-. The van der Waals surface area contributed by atoms with Crippen LogP contribution in [0, 0.1) is 0 Å². The van der Waals surface area contributed by atoms with E-state index in [9.17, 15) is 4.79 Å². The van der Waals surface area contributed by atoms with E-state index in [1.165, 1.54) is 6.20 Å². The van der Waals surface area contributed by atoms with Gasteiger partial charge >= 0.3 is 6.09 Å². The Morgan fingerprint density at radius 3 is 2.70 bits per heavy atom. The topological polar surface area (TPSA) is 67.6 Å². The minimum atomic E-state index is -0.235. The van der Waals surface area contributed by atoms with Gasteiger partial charge in [0.05, 0.1) is 0 Å². The molecule has 0 spiro atoms. The average molecular weight is 275 g/mol. The number of hydrogen-bond donors (Lipinski definition) is 2. The van der Waals surface area contributed by atoms with Crippen LogP contribution >= 0.6 is 0 Å². The lowest BCUT2D eigenvalue weighted by atomic mass is 10.1. The van der Waals surface area contributed by atoms with Crippen molar-refractivity contribution in [3.8, 4) is 0 Å². The first-order chi connectivity index (χ1) is 9.79. The molecule has 0 aliphatic carbocycles. The molecule has 0 bridgehead atoms. The van der Waals surface area contributed by atoms with E-state index in [-0.39, 0.29) is 6.09 Å². The van der Waals surface area contributed by atoms with Crippen LogP contribution in [-0.2, 0) is 11.3 Å². The van der Waals surface area contributed by atoms with Crippen molar-refractivity contribution in [1.82, 2.24) is 10.2 Å². The average Bonchev–Trinajstić information content (AvgIpc) is 2.52. The van der Waals surface area contributed by atoms with Crippen LogP contribution in [0.25, 0.3) is 0 Å². The molecule has 0 atom stereocenters. The summed E-state index contributed by atoms with van der Waals surface area (Å²) in [7, 11) is 0. The Bertz CT molecular complexity index is 440. The maximum absolute atomic E-state index is 11.9. The van der Waals surface area contributed by atoms with E-state index in [0.29, 0.717) is 25.7 Å². The lowest BCUT2D eigenvalue weighted by Crippen LogP contribution is -2.43. The zero-order valence-electron chi connectivity index (χ0n) is 11.5. The summed E-state index contributed by atoms with van der Waals surface area (Å²) in [5, 5.41) is 3.20. The van der Waals surface area contributed by atoms with Crippen LogP contribution in [0.5, 0.6) is 0 Å². The number of carbonyl (C=O) groups excluding carboxylic acids is 1. The number of piperidine rings is 1. The van der Waals surface area contributed by atoms with E-state index in [0.717, 1.165) is 18.4 Å². The van der Waals surface area contributed by atoms with Crippen molar-refractivity contribution in [2.45, 2.75) is 25.5 Å². The first kappa shape index (κ1) is 14.2. The zero-order chi connectivity index (χ0) is 14.2. The van der Waals surface area contributed by atoms with Crippen LogP contribution in [-0.4, -0.2) is 30.1 Å². The Hall–Kier alpha value is -2.17. The van der Waals surface area contributed by atoms with Gasteiger partial charge in [-0.15, -0.1) is 0 Å². The quantitative estimate of drug-likeness (QED) is 0.879. The molecule has 0 aromatic heterocycles. The largest absolute Gasteiger partial charge is 0.445 e. The Labute approximate surface area is 119 Å². The normalized spacial score (nSPS) is 16.3. The van der Waals surface area contributed by atoms with Gasteiger partial charge in [0.25, 0.3) is 0 Å². The number of carbonyl (C=O) groups is 1. The van der Waals surface area contributed by atoms with Gasteiger partial charge < -0.3 is 20.7 Å². The summed E-state index contributed by atoms with van der Waals surface area (Å²) >= 11 is 0. The summed E-state index contributed by atoms with van der Waals surface area (Å²) < 4.78 is 5.32. The molecule has 5 heteroatoms. The fourth-order valence-corrected chi connectivity index (χ4v) is 2.23. The van der Waals surface area contributed by atoms with Crippen molar-refractivity contribution in [3.05, 3.63) is 48.3 Å². The number of likely N-dealkylation sites (tertiary alicyclic amines) is 1. The number of hydrogen-bond acceptors (Lipinski definition) is 4. The smallest absolute Gasteiger partial charge is 0.410 e. The number of rotatable bonds is 4. The van der Waals surface area contributed by atoms with Crippen molar-refractivity contribution < 1.29 is 9.53 Å². The maximum atomic E-state index is 11.9. The van der Waals surface area contributed by atoms with Gasteiger partial charge in [-0.3, -0.25) is 0 Å². The van der Waals surface area contributed by atoms with Crippen LogP contribution in [0.2, 0.25) is 0 Å². The van der Waals surface area contributed by atoms with Gasteiger partial charge in [0.1, 0.15) is 6.61 Å². The molecule has 20 heavy (non-hydrogen) atoms. The highest BCUT2D eigenvalue weighted by Crippen LogP contribution is 2.12. The van der Waals surface area contributed by atoms with Crippen LogP contribution < -0.4 is 11.1 Å². The maximum Gasteiger partial charge on any atom is 0.410 e. The van der Waals surface area contributed by atoms with Gasteiger partial charge in [0, 0.05) is 31.5 Å². The molecule has 1 fully saturated rings. The van der Waals surface area contributed by atoms with Gasteiger partial charge in [-0.25, -0.2) is 4.79 Å². The van der Waals surface area contributed by atoms with Crippen molar-refractivity contribution in [1.29, 1.82) is 0 Å². The fraction of sp³-hybridized carbons (Fsp3) is 0.400. The van der Waals surface area contributed by atoms with Gasteiger partial charge in [-0.1, -0.05) is 30.3 Å². The van der Waals surface area contributed by atoms with Gasteiger partial charge in [0.2, 0.25) is 0 Å². The molecule has 1 aromatic carbocycles. The lowest BCUT2D eigenvalue weighted by molar-refractivity contribution is 0.0861. The molecule has 1 heterocycles. The molecule has 1 aromatic rings. The van der Waals surface area contributed by atoms with Gasteiger partial charge in [-0.05, 0) is 18.4 Å². The number of nitrogens with one attached hydrogen (secondary N) is 1. The second kappa shape index (κ2) is 7.43. The van der Waals surface area contributed by atoms with E-state index in [2.05, 4.69) is 5.32 Å². The highest BCUT2D eigenvalue weighted by molar-refractivity contribution is 5.67. The molecule has 5 nitrogen and oxygen atoms in total. The van der Waals surface area contributed by atoms with Crippen LogP contribution in [0.15, 0.2) is 42.7 Å². The summed E-state index contributed by atoms with van der Waals surface area (Å²) in [6.07, 6.45) is 4.81. The van der Waals surface area contributed by atoms with E-state index < -0.39 is 0 Å². The van der Waals surface area contributed by atoms with Crippen molar-refractivity contribution in [3.63, 3.8) is 0 Å². The summed E-state index contributed by atoms with van der Waals surface area (Å²) in [6.45, 7) is 1.75. The third kappa shape index (κ3) is 4.19. The zero-order valence-corrected chi connectivity index (χ0v) is 11.5. The molecule has 0 unspecified atom stereocenters. The Kier molecular flexibility index (Phi) is 5.29. The van der Waals surface area contributed by atoms with E-state index in [1.54, 1.807) is 11.1 Å². The first-order valence-electron chi connectivity index (χ1n) is 6.88. The predicted octanol–water partition coefficient (Wildman–Crippen LogP) is 1.81. The van der Waals surface area contributed by atoms with E-state index in [1.807, 2.05) is 30.3 Å². The number of benzene rings is 1. The summed E-state index contributed by atoms with van der Waals surface area (Å²) in [4.78, 5) is 13.7. The van der Waals surface area contributed by atoms with Crippen LogP contribution in [0.4, 0.5) is 4.79 Å². The van der Waals surface area contributed by atoms with Gasteiger partial charge in [0.15, 0.2) is 0 Å². The third-order valence-corrected chi connectivity index (χ3v) is 3.39. The summed E-state index contributed by atoms with van der Waals surface area (Å²) in [5.41, 5.74) is 6.29. The lowest BCUT2D eigenvalue weighted by Gasteiger charge is -2.31. The van der Waals surface area contributed by atoms with Gasteiger partial charge in [-0.2, -0.15) is 0 Å². The summed E-state index contributed by atoms with van der Waals surface area (Å²) in [5.74, 6) is 0. The molecule has 1 aliphatic heterocycles. The molecule has 2 rings (SSSR count). The van der Waals surface area contributed by atoms with Crippen molar-refractivity contribution in [2.75, 3.05) is 13.1 Å². The molecular weight excluding hydrogens is 254 g/mol. The molecule has 1 saturated heterocycles. The van der Waals surface area contributed by atoms with Crippen LogP contribution in [0.1, 0.15) is 18.4 Å². The minimum absolute atomic E-state index is 0.235. The Balaban J connectivity index is 1.72. The van der Waals surface area contributed by atoms with Crippen LogP contribution in [0.3, 0.4) is 0 Å². The SMILES string of the molecule is N/C=C\NC1CCN(C(=O)OCc2ccccc2)CC1.